The minimum Gasteiger partial charge on any atom is -0.273 e. The van der Waals surface area contributed by atoms with Crippen molar-refractivity contribution in [1.29, 1.82) is 0 Å². The van der Waals surface area contributed by atoms with Gasteiger partial charge in [-0.1, -0.05) is 0 Å². The summed E-state index contributed by atoms with van der Waals surface area (Å²) in [5.74, 6) is 0.160. The number of aryl methyl sites for hydroxylation is 1. The summed E-state index contributed by atoms with van der Waals surface area (Å²) in [6.45, 7) is 2.46. The van der Waals surface area contributed by atoms with Crippen molar-refractivity contribution in [3.8, 4) is 11.4 Å². The molecule has 0 N–H and O–H groups in total. The molecule has 1 aromatic heterocycles. The van der Waals surface area contributed by atoms with Crippen molar-refractivity contribution in [1.82, 2.24) is 24.8 Å². The van der Waals surface area contributed by atoms with Crippen LogP contribution >= 0.6 is 0 Å². The second-order valence-corrected chi connectivity index (χ2v) is 7.58. The summed E-state index contributed by atoms with van der Waals surface area (Å²) in [4.78, 5) is 28.6. The zero-order valence-electron chi connectivity index (χ0n) is 16.3. The van der Waals surface area contributed by atoms with Crippen molar-refractivity contribution in [2.24, 2.45) is 5.92 Å². The van der Waals surface area contributed by atoms with Gasteiger partial charge >= 0.3 is 6.18 Å². The molecule has 0 bridgehead atoms. The number of amides is 2. The van der Waals surface area contributed by atoms with Gasteiger partial charge in [-0.05, 0) is 49.4 Å². The van der Waals surface area contributed by atoms with E-state index in [1.165, 1.54) is 33.3 Å². The Morgan fingerprint density at radius 2 is 2.03 bits per heavy atom. The highest BCUT2D eigenvalue weighted by Gasteiger charge is 2.36. The zero-order chi connectivity index (χ0) is 21.5. The lowest BCUT2D eigenvalue weighted by molar-refractivity contribution is -0.151. The lowest BCUT2D eigenvalue weighted by Gasteiger charge is -2.26. The van der Waals surface area contributed by atoms with Crippen LogP contribution < -0.4 is 0 Å². The number of hydrogen-bond acceptors (Lipinski definition) is 4. The summed E-state index contributed by atoms with van der Waals surface area (Å²) in [5.41, 5.74) is -0.0908. The molecule has 0 radical (unpaired) electrons. The lowest BCUT2D eigenvalue weighted by Crippen LogP contribution is -2.43. The first-order valence-corrected chi connectivity index (χ1v) is 9.61. The van der Waals surface area contributed by atoms with Crippen molar-refractivity contribution < 1.29 is 22.8 Å². The molecule has 2 fully saturated rings. The number of hydrazine groups is 1. The van der Waals surface area contributed by atoms with E-state index in [4.69, 9.17) is 0 Å². The summed E-state index contributed by atoms with van der Waals surface area (Å²) in [6, 6.07) is 3.62. The molecule has 0 unspecified atom stereocenters. The Morgan fingerprint density at radius 3 is 2.73 bits per heavy atom. The standard InChI is InChI=1S/C20H20F3N5O2/c1-13-8-15(10-16(9-13)20(21,22)23)19-24-12-26(25-19)6-4-17(29)27-7-5-18(30)28(27)11-14-2-3-14/h4,6,8-10,12,14H,2-3,5,7,11H2,1H3/b6-4-. The largest absolute Gasteiger partial charge is 0.416 e. The van der Waals surface area contributed by atoms with Gasteiger partial charge in [-0.2, -0.15) is 13.2 Å². The number of hydrogen-bond donors (Lipinski definition) is 0. The fourth-order valence-electron chi connectivity index (χ4n) is 3.34. The third-order valence-corrected chi connectivity index (χ3v) is 5.04. The van der Waals surface area contributed by atoms with E-state index >= 15 is 0 Å². The van der Waals surface area contributed by atoms with Crippen LogP contribution in [-0.2, 0) is 15.8 Å². The molecule has 1 aliphatic heterocycles. The molecule has 30 heavy (non-hydrogen) atoms. The Kier molecular flexibility index (Phi) is 5.08. The van der Waals surface area contributed by atoms with Crippen LogP contribution in [0, 0.1) is 12.8 Å². The maximum absolute atomic E-state index is 13.0. The predicted molar refractivity (Wildman–Crippen MR) is 101 cm³/mol. The van der Waals surface area contributed by atoms with Crippen molar-refractivity contribution in [3.05, 3.63) is 41.7 Å². The number of nitrogens with zero attached hydrogens (tertiary/aromatic N) is 5. The Hall–Kier alpha value is -3.17. The molecule has 1 saturated carbocycles. The second kappa shape index (κ2) is 7.58. The maximum Gasteiger partial charge on any atom is 0.416 e. The molecule has 0 atom stereocenters. The van der Waals surface area contributed by atoms with Gasteiger partial charge in [-0.3, -0.25) is 14.6 Å². The maximum atomic E-state index is 13.0. The number of carbonyl (C=O) groups excluding carboxylic acids is 2. The van der Waals surface area contributed by atoms with Gasteiger partial charge in [0, 0.05) is 30.8 Å². The predicted octanol–water partition coefficient (Wildman–Crippen LogP) is 3.13. The molecule has 7 nitrogen and oxygen atoms in total. The van der Waals surface area contributed by atoms with E-state index in [9.17, 15) is 22.8 Å². The average Bonchev–Trinajstić information content (AvgIpc) is 3.24. The lowest BCUT2D eigenvalue weighted by atomic mass is 10.1. The van der Waals surface area contributed by atoms with E-state index in [-0.39, 0.29) is 23.2 Å². The molecule has 0 spiro atoms. The van der Waals surface area contributed by atoms with Gasteiger partial charge in [-0.25, -0.2) is 14.7 Å². The number of alkyl halides is 3. The van der Waals surface area contributed by atoms with Crippen LogP contribution in [0.4, 0.5) is 13.2 Å². The first kappa shape index (κ1) is 20.1. The molecule has 10 heteroatoms. The smallest absolute Gasteiger partial charge is 0.273 e. The van der Waals surface area contributed by atoms with Crippen molar-refractivity contribution in [2.45, 2.75) is 32.4 Å². The van der Waals surface area contributed by atoms with E-state index in [1.807, 2.05) is 0 Å². The van der Waals surface area contributed by atoms with E-state index in [1.54, 1.807) is 13.0 Å². The molecule has 2 aromatic rings. The van der Waals surface area contributed by atoms with Crippen molar-refractivity contribution in [2.75, 3.05) is 13.1 Å². The van der Waals surface area contributed by atoms with Crippen LogP contribution in [0.3, 0.4) is 0 Å². The quantitative estimate of drug-likeness (QED) is 0.699. The minimum absolute atomic E-state index is 0.0633. The molecule has 4 rings (SSSR count). The topological polar surface area (TPSA) is 71.3 Å². The highest BCUT2D eigenvalue weighted by atomic mass is 19.4. The average molecular weight is 419 g/mol. The number of rotatable bonds is 5. The number of carbonyl (C=O) groups is 2. The summed E-state index contributed by atoms with van der Waals surface area (Å²) < 4.78 is 40.4. The minimum atomic E-state index is -4.46. The summed E-state index contributed by atoms with van der Waals surface area (Å²) >= 11 is 0. The van der Waals surface area contributed by atoms with Gasteiger partial charge in [0.05, 0.1) is 12.1 Å². The second-order valence-electron chi connectivity index (χ2n) is 7.58. The third kappa shape index (κ3) is 4.37. The van der Waals surface area contributed by atoms with Crippen molar-refractivity contribution in [3.63, 3.8) is 0 Å². The van der Waals surface area contributed by atoms with Crippen LogP contribution in [0.15, 0.2) is 30.6 Å². The third-order valence-electron chi connectivity index (χ3n) is 5.04. The van der Waals surface area contributed by atoms with E-state index in [0.717, 1.165) is 25.0 Å². The van der Waals surface area contributed by atoms with Gasteiger partial charge in [0.2, 0.25) is 5.91 Å². The van der Waals surface area contributed by atoms with Gasteiger partial charge in [0.25, 0.3) is 5.91 Å². The monoisotopic (exact) mass is 419 g/mol. The molecular formula is C20H20F3N5O2. The Bertz CT molecular complexity index is 1010. The highest BCUT2D eigenvalue weighted by Crippen LogP contribution is 2.33. The van der Waals surface area contributed by atoms with E-state index in [0.29, 0.717) is 31.0 Å². The van der Waals surface area contributed by atoms with Crippen LogP contribution in [0.5, 0.6) is 0 Å². The zero-order valence-corrected chi connectivity index (χ0v) is 16.3. The molecule has 1 saturated heterocycles. The Balaban J connectivity index is 1.48. The SMILES string of the molecule is Cc1cc(-c2ncn(/C=C\C(=O)N3CCC(=O)N3CC3CC3)n2)cc(C(F)(F)F)c1. The highest BCUT2D eigenvalue weighted by molar-refractivity contribution is 5.93. The first-order valence-electron chi connectivity index (χ1n) is 9.61. The van der Waals surface area contributed by atoms with E-state index in [2.05, 4.69) is 10.1 Å². The molecule has 2 amide bonds. The normalized spacial score (nSPS) is 17.4. The van der Waals surface area contributed by atoms with Crippen LogP contribution in [0.1, 0.15) is 30.4 Å². The van der Waals surface area contributed by atoms with E-state index < -0.39 is 11.7 Å². The van der Waals surface area contributed by atoms with Crippen LogP contribution in [0.2, 0.25) is 0 Å². The molecule has 2 aliphatic rings. The fraction of sp³-hybridized carbons (Fsp3) is 0.400. The van der Waals surface area contributed by atoms with Crippen LogP contribution in [0.25, 0.3) is 17.6 Å². The van der Waals surface area contributed by atoms with Crippen LogP contribution in [-0.4, -0.2) is 49.7 Å². The van der Waals surface area contributed by atoms with Gasteiger partial charge in [0.1, 0.15) is 6.33 Å². The fourth-order valence-corrected chi connectivity index (χ4v) is 3.34. The number of halogens is 3. The van der Waals surface area contributed by atoms with Gasteiger partial charge in [-0.15, -0.1) is 5.10 Å². The number of aromatic nitrogens is 3. The van der Waals surface area contributed by atoms with Gasteiger partial charge < -0.3 is 0 Å². The molecular weight excluding hydrogens is 399 g/mol. The Morgan fingerprint density at radius 1 is 1.27 bits per heavy atom. The van der Waals surface area contributed by atoms with Crippen molar-refractivity contribution >= 4 is 18.0 Å². The molecule has 1 aliphatic carbocycles. The molecule has 158 valence electrons. The summed E-state index contributed by atoms with van der Waals surface area (Å²) in [7, 11) is 0. The summed E-state index contributed by atoms with van der Waals surface area (Å²) in [6.07, 6.45) is 1.93. The first-order chi connectivity index (χ1) is 14.2. The summed E-state index contributed by atoms with van der Waals surface area (Å²) in [5, 5.41) is 7.06. The molecule has 1 aromatic carbocycles. The number of benzene rings is 1. The Labute approximate surface area is 170 Å². The molecule has 2 heterocycles. The van der Waals surface area contributed by atoms with Gasteiger partial charge in [0.15, 0.2) is 5.82 Å².